The summed E-state index contributed by atoms with van der Waals surface area (Å²) in [5.41, 5.74) is 11.3. The first-order chi connectivity index (χ1) is 16.7. The third-order valence-corrected chi connectivity index (χ3v) is 5.11. The summed E-state index contributed by atoms with van der Waals surface area (Å²) in [7, 11) is 1.73. The van der Waals surface area contributed by atoms with Crippen molar-refractivity contribution in [2.24, 2.45) is 10.7 Å². The van der Waals surface area contributed by atoms with Crippen LogP contribution in [0.4, 0.5) is 5.82 Å². The predicted molar refractivity (Wildman–Crippen MR) is 147 cm³/mol. The number of aromatic nitrogens is 4. The molecule has 0 radical (unpaired) electrons. The number of hydrogen-bond donors (Lipinski definition) is 2. The average molecular weight is 522 g/mol. The zero-order chi connectivity index (χ0) is 24.9. The van der Waals surface area contributed by atoms with Crippen LogP contribution in [0.2, 0.25) is 0 Å². The number of benzene rings is 1. The van der Waals surface area contributed by atoms with Crippen LogP contribution in [0.25, 0.3) is 22.6 Å². The monoisotopic (exact) mass is 521 g/mol. The maximum Gasteiger partial charge on any atom is 0.138 e. The zero-order valence-electron chi connectivity index (χ0n) is 20.3. The molecule has 0 spiro atoms. The average Bonchev–Trinajstić information content (AvgIpc) is 3.32. The standard InChI is InChI=1S/C22H20BrN7.2C2H6/c1-25-12-17(10-24)16-4-2-15(3-5-16)11-26-21-9-19(28-14-29-21)20-13-27-22-8-18(23)6-7-30(20)22;2*1-2/h2-10,12-14H,11,24H2,1H3,(H,26,28,29);2*1-2H3/b17-10+,25-12?;;. The molecule has 0 fully saturated rings. The highest BCUT2D eigenvalue weighted by Gasteiger charge is 2.09. The van der Waals surface area contributed by atoms with Gasteiger partial charge in [-0.3, -0.25) is 9.39 Å². The molecule has 0 bridgehead atoms. The largest absolute Gasteiger partial charge is 0.404 e. The summed E-state index contributed by atoms with van der Waals surface area (Å²) in [4.78, 5) is 17.2. The molecule has 34 heavy (non-hydrogen) atoms. The van der Waals surface area contributed by atoms with Crippen LogP contribution < -0.4 is 11.1 Å². The van der Waals surface area contributed by atoms with Gasteiger partial charge in [-0.2, -0.15) is 0 Å². The highest BCUT2D eigenvalue weighted by molar-refractivity contribution is 9.10. The lowest BCUT2D eigenvalue weighted by atomic mass is 10.1. The smallest absolute Gasteiger partial charge is 0.138 e. The van der Waals surface area contributed by atoms with Crippen LogP contribution in [-0.2, 0) is 6.54 Å². The first-order valence-electron chi connectivity index (χ1n) is 11.3. The Morgan fingerprint density at radius 1 is 1.06 bits per heavy atom. The summed E-state index contributed by atoms with van der Waals surface area (Å²) in [6, 6.07) is 14.0. The van der Waals surface area contributed by atoms with Gasteiger partial charge in [-0.15, -0.1) is 0 Å². The molecule has 1 aromatic carbocycles. The second-order valence-electron chi connectivity index (χ2n) is 6.56. The van der Waals surface area contributed by atoms with Gasteiger partial charge in [-0.25, -0.2) is 15.0 Å². The second kappa shape index (κ2) is 13.9. The molecule has 8 heteroatoms. The maximum absolute atomic E-state index is 5.67. The van der Waals surface area contributed by atoms with E-state index in [2.05, 4.69) is 53.3 Å². The third kappa shape index (κ3) is 6.74. The van der Waals surface area contributed by atoms with Crippen LogP contribution in [0, 0.1) is 0 Å². The first-order valence-corrected chi connectivity index (χ1v) is 12.1. The molecule has 4 rings (SSSR count). The van der Waals surface area contributed by atoms with E-state index >= 15 is 0 Å². The lowest BCUT2D eigenvalue weighted by molar-refractivity contribution is 1.07. The minimum Gasteiger partial charge on any atom is -0.404 e. The molecular weight excluding hydrogens is 490 g/mol. The molecule has 7 nitrogen and oxygen atoms in total. The molecule has 0 aliphatic rings. The molecule has 0 aliphatic heterocycles. The number of fused-ring (bicyclic) bond motifs is 1. The van der Waals surface area contributed by atoms with Crippen molar-refractivity contribution in [3.05, 3.63) is 83.0 Å². The number of nitrogens with zero attached hydrogens (tertiary/aromatic N) is 5. The van der Waals surface area contributed by atoms with Gasteiger partial charge in [0.05, 0.1) is 17.6 Å². The number of nitrogens with one attached hydrogen (secondary N) is 1. The Morgan fingerprint density at radius 3 is 2.47 bits per heavy atom. The summed E-state index contributed by atoms with van der Waals surface area (Å²) in [6.07, 6.45) is 8.64. The fraction of sp³-hybridized carbons (Fsp3) is 0.231. The van der Waals surface area contributed by atoms with E-state index in [-0.39, 0.29) is 0 Å². The van der Waals surface area contributed by atoms with Crippen molar-refractivity contribution in [1.29, 1.82) is 0 Å². The van der Waals surface area contributed by atoms with Gasteiger partial charge in [0.15, 0.2) is 0 Å². The van der Waals surface area contributed by atoms with Crippen molar-refractivity contribution in [3.8, 4) is 11.4 Å². The number of hydrogen-bond acceptors (Lipinski definition) is 6. The molecule has 0 atom stereocenters. The topological polar surface area (TPSA) is 93.5 Å². The van der Waals surface area contributed by atoms with Gasteiger partial charge in [0.2, 0.25) is 0 Å². The number of nitrogens with two attached hydrogens (primary N) is 1. The molecule has 0 saturated heterocycles. The molecular formula is C26H32BrN7. The predicted octanol–water partition coefficient (Wildman–Crippen LogP) is 6.22. The number of halogens is 1. The SMILES string of the molecule is CC.CC.CN=C/C(=C\N)c1ccc(CNc2cc(-c3cnc4cc(Br)ccn34)ncn2)cc1. The lowest BCUT2D eigenvalue weighted by Gasteiger charge is -2.08. The summed E-state index contributed by atoms with van der Waals surface area (Å²) in [5, 5.41) is 3.35. The Balaban J connectivity index is 0.000000970. The minimum absolute atomic E-state index is 0.639. The van der Waals surface area contributed by atoms with E-state index < -0.39 is 0 Å². The highest BCUT2D eigenvalue weighted by Crippen LogP contribution is 2.22. The third-order valence-electron chi connectivity index (χ3n) is 4.61. The molecule has 4 aromatic rings. The van der Waals surface area contributed by atoms with Crippen LogP contribution in [0.1, 0.15) is 38.8 Å². The normalized spacial score (nSPS) is 10.9. The summed E-state index contributed by atoms with van der Waals surface area (Å²) in [6.45, 7) is 8.64. The van der Waals surface area contributed by atoms with E-state index in [1.165, 1.54) is 0 Å². The zero-order valence-corrected chi connectivity index (χ0v) is 21.9. The molecule has 3 aromatic heterocycles. The number of anilines is 1. The minimum atomic E-state index is 0.639. The number of pyridine rings is 1. The summed E-state index contributed by atoms with van der Waals surface area (Å²) < 4.78 is 2.98. The Bertz CT molecular complexity index is 1230. The maximum atomic E-state index is 5.67. The van der Waals surface area contributed by atoms with Crippen molar-refractivity contribution in [1.82, 2.24) is 19.4 Å². The molecule has 3 heterocycles. The molecule has 178 valence electrons. The lowest BCUT2D eigenvalue weighted by Crippen LogP contribution is -2.03. The van der Waals surface area contributed by atoms with Crippen molar-refractivity contribution in [2.75, 3.05) is 12.4 Å². The van der Waals surface area contributed by atoms with Crippen LogP contribution in [0.3, 0.4) is 0 Å². The Morgan fingerprint density at radius 2 is 1.79 bits per heavy atom. The van der Waals surface area contributed by atoms with E-state index in [1.54, 1.807) is 25.8 Å². The molecule has 0 saturated carbocycles. The Labute approximate surface area is 210 Å². The Hall–Kier alpha value is -3.52. The number of aliphatic imine (C=N–C) groups is 1. The van der Waals surface area contributed by atoms with Crippen LogP contribution >= 0.6 is 15.9 Å². The first kappa shape index (κ1) is 26.7. The molecule has 3 N–H and O–H groups in total. The van der Waals surface area contributed by atoms with E-state index in [4.69, 9.17) is 5.73 Å². The fourth-order valence-corrected chi connectivity index (χ4v) is 3.42. The van der Waals surface area contributed by atoms with E-state index in [1.807, 2.05) is 74.8 Å². The highest BCUT2D eigenvalue weighted by atomic mass is 79.9. The van der Waals surface area contributed by atoms with Crippen molar-refractivity contribution in [3.63, 3.8) is 0 Å². The van der Waals surface area contributed by atoms with Crippen molar-refractivity contribution >= 4 is 39.2 Å². The van der Waals surface area contributed by atoms with Crippen LogP contribution in [0.15, 0.2) is 76.9 Å². The van der Waals surface area contributed by atoms with Gasteiger partial charge >= 0.3 is 0 Å². The Kier molecular flexibility index (Phi) is 10.9. The van der Waals surface area contributed by atoms with Crippen LogP contribution in [0.5, 0.6) is 0 Å². The van der Waals surface area contributed by atoms with Gasteiger partial charge in [-0.05, 0) is 23.3 Å². The molecule has 0 aliphatic carbocycles. The number of rotatable bonds is 6. The van der Waals surface area contributed by atoms with Crippen molar-refractivity contribution < 1.29 is 0 Å². The van der Waals surface area contributed by atoms with Gasteiger partial charge < -0.3 is 11.1 Å². The summed E-state index contributed by atoms with van der Waals surface area (Å²) in [5.74, 6) is 0.747. The van der Waals surface area contributed by atoms with Crippen molar-refractivity contribution in [2.45, 2.75) is 34.2 Å². The second-order valence-corrected chi connectivity index (χ2v) is 7.48. The molecule has 0 amide bonds. The number of imidazole rings is 1. The van der Waals surface area contributed by atoms with Gasteiger partial charge in [-0.1, -0.05) is 67.9 Å². The van der Waals surface area contributed by atoms with E-state index in [0.717, 1.165) is 44.0 Å². The van der Waals surface area contributed by atoms with E-state index in [9.17, 15) is 0 Å². The fourth-order valence-electron chi connectivity index (χ4n) is 3.10. The van der Waals surface area contributed by atoms with Gasteiger partial charge in [0.1, 0.15) is 17.8 Å². The number of allylic oxidation sites excluding steroid dienone is 1. The van der Waals surface area contributed by atoms with Crippen LogP contribution in [-0.4, -0.2) is 32.6 Å². The van der Waals surface area contributed by atoms with E-state index in [0.29, 0.717) is 6.54 Å². The van der Waals surface area contributed by atoms with Gasteiger partial charge in [0, 0.05) is 48.3 Å². The quantitative estimate of drug-likeness (QED) is 0.293. The summed E-state index contributed by atoms with van der Waals surface area (Å²) >= 11 is 3.47. The van der Waals surface area contributed by atoms with Gasteiger partial charge in [0.25, 0.3) is 0 Å². The molecule has 0 unspecified atom stereocenters.